The third kappa shape index (κ3) is 1.30. The van der Waals surface area contributed by atoms with Crippen molar-refractivity contribution in [1.29, 1.82) is 0 Å². The number of aryl methyl sites for hydroxylation is 1. The molecule has 92 valence electrons. The second-order valence-corrected chi connectivity index (χ2v) is 6.05. The summed E-state index contributed by atoms with van der Waals surface area (Å²) in [6, 6.07) is 0. The van der Waals surface area contributed by atoms with Gasteiger partial charge in [-0.05, 0) is 42.9 Å². The summed E-state index contributed by atoms with van der Waals surface area (Å²) in [5.74, 6) is 1.07. The van der Waals surface area contributed by atoms with Crippen LogP contribution in [-0.4, -0.2) is 10.7 Å². The van der Waals surface area contributed by atoms with Crippen LogP contribution in [0, 0.1) is 12.3 Å². The highest BCUT2D eigenvalue weighted by Gasteiger charge is 2.54. The molecule has 0 aliphatic heterocycles. The normalized spacial score (nSPS) is 36.5. The smallest absolute Gasteiger partial charge is 0.108 e. The van der Waals surface area contributed by atoms with Gasteiger partial charge < -0.3 is 9.52 Å². The molecular weight excluding hydrogens is 212 g/mol. The maximum atomic E-state index is 11.1. The van der Waals surface area contributed by atoms with Gasteiger partial charge >= 0.3 is 0 Å². The van der Waals surface area contributed by atoms with Gasteiger partial charge in [-0.1, -0.05) is 13.5 Å². The Labute approximate surface area is 102 Å². The van der Waals surface area contributed by atoms with Crippen LogP contribution >= 0.6 is 0 Å². The molecule has 3 rings (SSSR count). The van der Waals surface area contributed by atoms with E-state index in [-0.39, 0.29) is 5.41 Å². The average Bonchev–Trinajstić information content (AvgIpc) is 2.59. The maximum Gasteiger partial charge on any atom is 0.108 e. The van der Waals surface area contributed by atoms with Gasteiger partial charge in [-0.25, -0.2) is 0 Å². The SMILES string of the molecule is C=C1CCC[C@]2(C)Cc3occ(C)c3C[C@@]12O. The summed E-state index contributed by atoms with van der Waals surface area (Å²) in [5, 5.41) is 11.1. The van der Waals surface area contributed by atoms with Gasteiger partial charge in [0.25, 0.3) is 0 Å². The Balaban J connectivity index is 2.12. The summed E-state index contributed by atoms with van der Waals surface area (Å²) in [4.78, 5) is 0. The summed E-state index contributed by atoms with van der Waals surface area (Å²) < 4.78 is 5.64. The van der Waals surface area contributed by atoms with Gasteiger partial charge in [0.1, 0.15) is 5.76 Å². The lowest BCUT2D eigenvalue weighted by Crippen LogP contribution is -2.55. The molecule has 2 atom stereocenters. The van der Waals surface area contributed by atoms with Gasteiger partial charge in [0.05, 0.1) is 11.9 Å². The Bertz CT molecular complexity index is 485. The molecule has 1 aromatic rings. The zero-order valence-corrected chi connectivity index (χ0v) is 10.7. The Morgan fingerprint density at radius 2 is 2.18 bits per heavy atom. The minimum absolute atomic E-state index is 0.0976. The molecule has 1 N–H and O–H groups in total. The van der Waals surface area contributed by atoms with E-state index in [2.05, 4.69) is 20.4 Å². The predicted octanol–water partition coefficient (Wildman–Crippen LogP) is 3.16. The number of hydrogen-bond donors (Lipinski definition) is 1. The van der Waals surface area contributed by atoms with Gasteiger partial charge in [0, 0.05) is 18.3 Å². The second-order valence-electron chi connectivity index (χ2n) is 6.05. The first-order valence-corrected chi connectivity index (χ1v) is 6.43. The number of rotatable bonds is 0. The topological polar surface area (TPSA) is 33.4 Å². The number of furan rings is 1. The lowest BCUT2D eigenvalue weighted by atomic mass is 9.56. The zero-order chi connectivity index (χ0) is 12.3. The van der Waals surface area contributed by atoms with E-state index < -0.39 is 5.60 Å². The van der Waals surface area contributed by atoms with Crippen molar-refractivity contribution < 1.29 is 9.52 Å². The number of fused-ring (bicyclic) bond motifs is 2. The van der Waals surface area contributed by atoms with Crippen molar-refractivity contribution in [2.45, 2.75) is 51.6 Å². The lowest BCUT2D eigenvalue weighted by molar-refractivity contribution is -0.0755. The first-order valence-electron chi connectivity index (χ1n) is 6.43. The van der Waals surface area contributed by atoms with Crippen LogP contribution in [0.2, 0.25) is 0 Å². The van der Waals surface area contributed by atoms with E-state index in [0.29, 0.717) is 6.42 Å². The largest absolute Gasteiger partial charge is 0.469 e. The molecule has 1 heterocycles. The summed E-state index contributed by atoms with van der Waals surface area (Å²) in [5.41, 5.74) is 2.55. The first-order chi connectivity index (χ1) is 7.96. The zero-order valence-electron chi connectivity index (χ0n) is 10.7. The van der Waals surface area contributed by atoms with Crippen molar-refractivity contribution in [3.63, 3.8) is 0 Å². The highest BCUT2D eigenvalue weighted by atomic mass is 16.3. The van der Waals surface area contributed by atoms with Crippen molar-refractivity contribution >= 4 is 0 Å². The van der Waals surface area contributed by atoms with Crippen LogP contribution in [0.4, 0.5) is 0 Å². The van der Waals surface area contributed by atoms with Gasteiger partial charge in [0.15, 0.2) is 0 Å². The molecule has 0 bridgehead atoms. The monoisotopic (exact) mass is 232 g/mol. The van der Waals surface area contributed by atoms with Crippen LogP contribution in [-0.2, 0) is 12.8 Å². The van der Waals surface area contributed by atoms with E-state index in [0.717, 1.165) is 42.6 Å². The molecule has 1 fully saturated rings. The van der Waals surface area contributed by atoms with Gasteiger partial charge in [-0.2, -0.15) is 0 Å². The summed E-state index contributed by atoms with van der Waals surface area (Å²) in [6.07, 6.45) is 6.48. The standard InChI is InChI=1S/C15H20O2/c1-10-9-17-13-8-14(3)6-4-5-11(2)15(14,16)7-12(10)13/h9,16H,2,4-8H2,1,3H3/t14-,15-/m1/s1. The second kappa shape index (κ2) is 3.26. The van der Waals surface area contributed by atoms with Crippen molar-refractivity contribution in [2.24, 2.45) is 5.41 Å². The molecule has 1 saturated carbocycles. The third-order valence-electron chi connectivity index (χ3n) is 4.96. The van der Waals surface area contributed by atoms with Crippen LogP contribution in [0.5, 0.6) is 0 Å². The fourth-order valence-electron chi connectivity index (χ4n) is 3.62. The molecule has 2 heteroatoms. The summed E-state index contributed by atoms with van der Waals surface area (Å²) in [6.45, 7) is 8.36. The van der Waals surface area contributed by atoms with E-state index in [9.17, 15) is 5.11 Å². The maximum absolute atomic E-state index is 11.1. The Morgan fingerprint density at radius 3 is 2.94 bits per heavy atom. The van der Waals surface area contributed by atoms with Crippen LogP contribution in [0.15, 0.2) is 22.8 Å². The van der Waals surface area contributed by atoms with Crippen LogP contribution < -0.4 is 0 Å². The van der Waals surface area contributed by atoms with E-state index in [1.165, 1.54) is 5.56 Å². The van der Waals surface area contributed by atoms with Gasteiger partial charge in [-0.3, -0.25) is 0 Å². The van der Waals surface area contributed by atoms with Gasteiger partial charge in [-0.15, -0.1) is 0 Å². The Kier molecular flexibility index (Phi) is 2.13. The molecule has 0 spiro atoms. The van der Waals surface area contributed by atoms with E-state index in [1.54, 1.807) is 0 Å². The molecule has 2 nitrogen and oxygen atoms in total. The molecule has 0 unspecified atom stereocenters. The number of hydrogen-bond acceptors (Lipinski definition) is 2. The lowest BCUT2D eigenvalue weighted by Gasteiger charge is -2.52. The molecule has 0 saturated heterocycles. The predicted molar refractivity (Wildman–Crippen MR) is 66.9 cm³/mol. The molecule has 1 aromatic heterocycles. The minimum atomic E-state index is -0.729. The molecule has 17 heavy (non-hydrogen) atoms. The van der Waals surface area contributed by atoms with Crippen LogP contribution in [0.3, 0.4) is 0 Å². The highest BCUT2D eigenvalue weighted by Crippen LogP contribution is 2.53. The molecule has 2 aliphatic rings. The van der Waals surface area contributed by atoms with E-state index >= 15 is 0 Å². The molecular formula is C15H20O2. The Hall–Kier alpha value is -1.02. The van der Waals surface area contributed by atoms with Crippen LogP contribution in [0.1, 0.15) is 43.1 Å². The van der Waals surface area contributed by atoms with Crippen LogP contribution in [0.25, 0.3) is 0 Å². The quantitative estimate of drug-likeness (QED) is 0.697. The highest BCUT2D eigenvalue weighted by molar-refractivity contribution is 5.39. The summed E-state index contributed by atoms with van der Waals surface area (Å²) >= 11 is 0. The fourth-order valence-corrected chi connectivity index (χ4v) is 3.62. The fraction of sp³-hybridized carbons (Fsp3) is 0.600. The van der Waals surface area contributed by atoms with Crippen molar-refractivity contribution in [3.8, 4) is 0 Å². The van der Waals surface area contributed by atoms with Crippen molar-refractivity contribution in [3.05, 3.63) is 35.3 Å². The van der Waals surface area contributed by atoms with E-state index in [1.807, 2.05) is 6.26 Å². The third-order valence-corrected chi connectivity index (χ3v) is 4.96. The minimum Gasteiger partial charge on any atom is -0.469 e. The van der Waals surface area contributed by atoms with Gasteiger partial charge in [0.2, 0.25) is 0 Å². The molecule has 0 amide bonds. The molecule has 0 radical (unpaired) electrons. The van der Waals surface area contributed by atoms with Crippen molar-refractivity contribution in [2.75, 3.05) is 0 Å². The molecule has 2 aliphatic carbocycles. The average molecular weight is 232 g/mol. The number of aliphatic hydroxyl groups is 1. The van der Waals surface area contributed by atoms with E-state index in [4.69, 9.17) is 4.42 Å². The van der Waals surface area contributed by atoms with Crippen molar-refractivity contribution in [1.82, 2.24) is 0 Å². The first kappa shape index (κ1) is 11.1. The molecule has 0 aromatic carbocycles. The summed E-state index contributed by atoms with van der Waals surface area (Å²) in [7, 11) is 0. The Morgan fingerprint density at radius 1 is 1.41 bits per heavy atom.